The van der Waals surface area contributed by atoms with Gasteiger partial charge in [-0.1, -0.05) is 19.3 Å². The van der Waals surface area contributed by atoms with Gasteiger partial charge in [-0.05, 0) is 12.8 Å². The Morgan fingerprint density at radius 3 is 2.00 bits per heavy atom. The van der Waals surface area contributed by atoms with Gasteiger partial charge in [-0.15, -0.1) is 0 Å². The molecule has 2 nitrogen and oxygen atoms in total. The maximum absolute atomic E-state index is 10.6. The molecule has 1 rings (SSSR count). The number of nitrogens with two attached hydrogens (primary N) is 1. The Hall–Kier alpha value is 0.470. The van der Waals surface area contributed by atoms with Gasteiger partial charge in [-0.3, -0.25) is 4.79 Å². The molecule has 54 valence electrons. The molecule has 0 radical (unpaired) electrons. The topological polar surface area (TPSA) is 43.1 Å². The van der Waals surface area contributed by atoms with E-state index in [9.17, 15) is 4.79 Å². The first-order chi connectivity index (χ1) is 4.30. The van der Waals surface area contributed by atoms with Gasteiger partial charge >= 0.3 is 29.6 Å². The van der Waals surface area contributed by atoms with Crippen LogP contribution in [0.2, 0.25) is 0 Å². The molecule has 0 saturated heterocycles. The van der Waals surface area contributed by atoms with E-state index in [-0.39, 0.29) is 41.4 Å². The Morgan fingerprint density at radius 1 is 1.20 bits per heavy atom. The van der Waals surface area contributed by atoms with Gasteiger partial charge in [0.05, 0.1) is 0 Å². The molecule has 3 heteroatoms. The molecule has 1 amide bonds. The molecule has 0 aromatic rings. The fourth-order valence-electron chi connectivity index (χ4n) is 1.39. The van der Waals surface area contributed by atoms with Gasteiger partial charge in [0.2, 0.25) is 5.91 Å². The Morgan fingerprint density at radius 2 is 1.70 bits per heavy atom. The Balaban J connectivity index is 0.000000810. The van der Waals surface area contributed by atoms with Crippen molar-refractivity contribution < 1.29 is 4.79 Å². The molecule has 0 spiro atoms. The number of amides is 1. The van der Waals surface area contributed by atoms with Gasteiger partial charge in [0, 0.05) is 5.92 Å². The third-order valence-corrected chi connectivity index (χ3v) is 2.01. The van der Waals surface area contributed by atoms with Crippen molar-refractivity contribution in [3.8, 4) is 0 Å². The Labute approximate surface area is 83.8 Å². The van der Waals surface area contributed by atoms with Gasteiger partial charge in [0.1, 0.15) is 0 Å². The van der Waals surface area contributed by atoms with Crippen LogP contribution >= 0.6 is 0 Å². The quantitative estimate of drug-likeness (QED) is 0.542. The van der Waals surface area contributed by atoms with Crippen LogP contribution in [0.1, 0.15) is 32.1 Å². The Kier molecular flexibility index (Phi) is 5.41. The van der Waals surface area contributed by atoms with Crippen LogP contribution in [0, 0.1) is 5.92 Å². The van der Waals surface area contributed by atoms with Gasteiger partial charge in [0.25, 0.3) is 0 Å². The van der Waals surface area contributed by atoms with Crippen molar-refractivity contribution in [3.05, 3.63) is 0 Å². The minimum atomic E-state index is -0.102. The van der Waals surface area contributed by atoms with Crippen molar-refractivity contribution in [1.82, 2.24) is 0 Å². The van der Waals surface area contributed by atoms with Gasteiger partial charge in [0.15, 0.2) is 0 Å². The molecule has 1 aliphatic rings. The average Bonchev–Trinajstić information content (AvgIpc) is 1.90. The van der Waals surface area contributed by atoms with Crippen molar-refractivity contribution in [3.63, 3.8) is 0 Å². The van der Waals surface area contributed by atoms with Crippen LogP contribution in [0.25, 0.3) is 0 Å². The van der Waals surface area contributed by atoms with E-state index in [2.05, 4.69) is 0 Å². The second kappa shape index (κ2) is 5.16. The number of rotatable bonds is 1. The summed E-state index contributed by atoms with van der Waals surface area (Å²) in [5.41, 5.74) is 5.13. The monoisotopic (exact) mass is 151 g/mol. The van der Waals surface area contributed by atoms with E-state index in [0.29, 0.717) is 0 Å². The van der Waals surface area contributed by atoms with Crippen molar-refractivity contribution in [2.24, 2.45) is 11.7 Å². The number of hydrogen-bond donors (Lipinski definition) is 1. The molecule has 0 heterocycles. The summed E-state index contributed by atoms with van der Waals surface area (Å²) in [7, 11) is 0. The van der Waals surface area contributed by atoms with Crippen molar-refractivity contribution in [1.29, 1.82) is 0 Å². The molecule has 10 heavy (non-hydrogen) atoms. The summed E-state index contributed by atoms with van der Waals surface area (Å²) >= 11 is 0. The maximum atomic E-state index is 10.6. The van der Waals surface area contributed by atoms with E-state index in [1.54, 1.807) is 0 Å². The van der Waals surface area contributed by atoms with E-state index in [1.165, 1.54) is 19.3 Å². The van der Waals surface area contributed by atoms with Crippen LogP contribution in [0.15, 0.2) is 0 Å². The molecule has 0 aliphatic heterocycles. The van der Waals surface area contributed by atoms with E-state index in [1.807, 2.05) is 0 Å². The summed E-state index contributed by atoms with van der Waals surface area (Å²) in [6, 6.07) is 0. The van der Waals surface area contributed by atoms with Gasteiger partial charge in [-0.25, -0.2) is 0 Å². The summed E-state index contributed by atoms with van der Waals surface area (Å²) in [4.78, 5) is 10.6. The van der Waals surface area contributed by atoms with Crippen molar-refractivity contribution in [2.45, 2.75) is 32.1 Å². The average molecular weight is 151 g/mol. The summed E-state index contributed by atoms with van der Waals surface area (Å²) < 4.78 is 0. The molecule has 0 aromatic heterocycles. The second-order valence-corrected chi connectivity index (χ2v) is 2.74. The fourth-order valence-corrected chi connectivity index (χ4v) is 1.39. The number of carbonyl (C=O) groups is 1. The predicted octanol–water partition coefficient (Wildman–Crippen LogP) is 0.403. The molecule has 1 saturated carbocycles. The minimum absolute atomic E-state index is 0. The van der Waals surface area contributed by atoms with Crippen LogP contribution in [0.4, 0.5) is 0 Å². The van der Waals surface area contributed by atoms with E-state index < -0.39 is 0 Å². The van der Waals surface area contributed by atoms with Crippen LogP contribution in [-0.4, -0.2) is 35.5 Å². The molecular formula is C7H14NNaO. The van der Waals surface area contributed by atoms with E-state index in [4.69, 9.17) is 5.73 Å². The van der Waals surface area contributed by atoms with Crippen molar-refractivity contribution >= 4 is 35.5 Å². The molecule has 1 aliphatic carbocycles. The Bertz CT molecular complexity index is 110. The normalized spacial score (nSPS) is 19.6. The van der Waals surface area contributed by atoms with Crippen LogP contribution in [0.5, 0.6) is 0 Å². The molecule has 0 unspecified atom stereocenters. The third-order valence-electron chi connectivity index (χ3n) is 2.01. The van der Waals surface area contributed by atoms with Crippen molar-refractivity contribution in [2.75, 3.05) is 0 Å². The van der Waals surface area contributed by atoms with Crippen LogP contribution in [0.3, 0.4) is 0 Å². The van der Waals surface area contributed by atoms with Gasteiger partial charge < -0.3 is 5.73 Å². The standard InChI is InChI=1S/C7H13NO.Na.H/c8-7(9)6-4-2-1-3-5-6;;/h6H,1-5H2,(H2,8,9);;. The fraction of sp³-hybridized carbons (Fsp3) is 0.857. The van der Waals surface area contributed by atoms with Gasteiger partial charge in [-0.2, -0.15) is 0 Å². The number of primary amides is 1. The summed E-state index contributed by atoms with van der Waals surface area (Å²) in [6.07, 6.45) is 5.70. The summed E-state index contributed by atoms with van der Waals surface area (Å²) in [5.74, 6) is 0.0912. The first kappa shape index (κ1) is 10.5. The number of hydrogen-bond acceptors (Lipinski definition) is 1. The SMILES string of the molecule is NC(=O)C1CCCCC1.[NaH]. The molecule has 0 atom stereocenters. The molecule has 0 bridgehead atoms. The summed E-state index contributed by atoms with van der Waals surface area (Å²) in [5, 5.41) is 0. The van der Waals surface area contributed by atoms with Crippen LogP contribution in [-0.2, 0) is 4.79 Å². The second-order valence-electron chi connectivity index (χ2n) is 2.74. The molecule has 2 N–H and O–H groups in total. The molecule has 1 fully saturated rings. The zero-order chi connectivity index (χ0) is 6.69. The zero-order valence-corrected chi connectivity index (χ0v) is 5.60. The molecular weight excluding hydrogens is 137 g/mol. The molecule has 0 aromatic carbocycles. The third kappa shape index (κ3) is 3.04. The first-order valence-corrected chi connectivity index (χ1v) is 3.60. The number of carbonyl (C=O) groups excluding carboxylic acids is 1. The first-order valence-electron chi connectivity index (χ1n) is 3.60. The zero-order valence-electron chi connectivity index (χ0n) is 5.60. The predicted molar refractivity (Wildman–Crippen MR) is 42.9 cm³/mol. The van der Waals surface area contributed by atoms with E-state index in [0.717, 1.165) is 12.8 Å². The van der Waals surface area contributed by atoms with Crippen LogP contribution < -0.4 is 5.73 Å². The van der Waals surface area contributed by atoms with E-state index >= 15 is 0 Å². The summed E-state index contributed by atoms with van der Waals surface area (Å²) in [6.45, 7) is 0.